The molecule has 124 valence electrons. The minimum Gasteiger partial charge on any atom is -0.496 e. The lowest BCUT2D eigenvalue weighted by atomic mass is 9.94. The van der Waals surface area contributed by atoms with Gasteiger partial charge in [0.15, 0.2) is 0 Å². The van der Waals surface area contributed by atoms with E-state index in [1.54, 1.807) is 12.1 Å². The van der Waals surface area contributed by atoms with Crippen LogP contribution in [0.5, 0.6) is 5.75 Å². The molecular weight excluding hydrogens is 323 g/mol. The Balaban J connectivity index is 0.00000242. The minimum absolute atomic E-state index is 0. The van der Waals surface area contributed by atoms with Gasteiger partial charge in [-0.3, -0.25) is 4.79 Å². The van der Waals surface area contributed by atoms with Gasteiger partial charge in [-0.15, -0.1) is 12.4 Å². The Kier molecular flexibility index (Phi) is 6.38. The fourth-order valence-electron chi connectivity index (χ4n) is 2.77. The van der Waals surface area contributed by atoms with Crippen LogP contribution in [0.4, 0.5) is 5.69 Å². The molecule has 0 spiro atoms. The molecule has 1 aliphatic rings. The summed E-state index contributed by atoms with van der Waals surface area (Å²) in [4.78, 5) is 12.4. The minimum atomic E-state index is -0.163. The van der Waals surface area contributed by atoms with E-state index in [1.807, 2.05) is 0 Å². The predicted octanol–water partition coefficient (Wildman–Crippen LogP) is 3.91. The molecule has 6 heteroatoms. The van der Waals surface area contributed by atoms with E-state index in [9.17, 15) is 4.79 Å². The van der Waals surface area contributed by atoms with E-state index in [1.165, 1.54) is 20.0 Å². The Morgan fingerprint density at radius 1 is 1.45 bits per heavy atom. The standard InChI is InChI=1S/C16H23ClN2O2.ClH/c1-10(2)8-16(4-5-16)9-19-15(20)11-6-12(17)13(18)7-14(11)21-3;/h6-7,10H,4-5,8-9,18H2,1-3H3,(H,19,20);1H. The fourth-order valence-corrected chi connectivity index (χ4v) is 2.94. The van der Waals surface area contributed by atoms with Crippen LogP contribution in [0, 0.1) is 11.3 Å². The van der Waals surface area contributed by atoms with Crippen molar-refractivity contribution in [2.75, 3.05) is 19.4 Å². The average Bonchev–Trinajstić information content (AvgIpc) is 3.17. The van der Waals surface area contributed by atoms with Crippen LogP contribution in [0.25, 0.3) is 0 Å². The number of anilines is 1. The quantitative estimate of drug-likeness (QED) is 0.767. The van der Waals surface area contributed by atoms with E-state index in [0.717, 1.165) is 6.42 Å². The summed E-state index contributed by atoms with van der Waals surface area (Å²) < 4.78 is 5.21. The zero-order chi connectivity index (χ0) is 15.6. The van der Waals surface area contributed by atoms with Crippen LogP contribution < -0.4 is 15.8 Å². The maximum Gasteiger partial charge on any atom is 0.255 e. The van der Waals surface area contributed by atoms with Crippen molar-refractivity contribution in [1.82, 2.24) is 5.32 Å². The van der Waals surface area contributed by atoms with Crippen LogP contribution in [-0.4, -0.2) is 19.6 Å². The molecule has 1 aromatic carbocycles. The Labute approximate surface area is 143 Å². The maximum absolute atomic E-state index is 12.4. The van der Waals surface area contributed by atoms with E-state index in [0.29, 0.717) is 34.5 Å². The number of hydrogen-bond donors (Lipinski definition) is 2. The Bertz CT molecular complexity index is 543. The van der Waals surface area contributed by atoms with Crippen LogP contribution in [0.2, 0.25) is 5.02 Å². The summed E-state index contributed by atoms with van der Waals surface area (Å²) in [5.41, 5.74) is 6.85. The van der Waals surface area contributed by atoms with Crippen LogP contribution in [0.3, 0.4) is 0 Å². The van der Waals surface area contributed by atoms with Crippen molar-refractivity contribution in [2.24, 2.45) is 11.3 Å². The number of ether oxygens (including phenoxy) is 1. The van der Waals surface area contributed by atoms with E-state index in [2.05, 4.69) is 19.2 Å². The molecule has 4 nitrogen and oxygen atoms in total. The molecule has 3 N–H and O–H groups in total. The molecule has 0 bridgehead atoms. The van der Waals surface area contributed by atoms with Gasteiger partial charge in [-0.2, -0.15) is 0 Å². The Morgan fingerprint density at radius 3 is 2.59 bits per heavy atom. The van der Waals surface area contributed by atoms with Crippen LogP contribution in [0.1, 0.15) is 43.5 Å². The third kappa shape index (κ3) is 4.43. The number of carbonyl (C=O) groups excluding carboxylic acids is 1. The van der Waals surface area contributed by atoms with Crippen LogP contribution >= 0.6 is 24.0 Å². The van der Waals surface area contributed by atoms with E-state index in [4.69, 9.17) is 22.1 Å². The summed E-state index contributed by atoms with van der Waals surface area (Å²) in [5, 5.41) is 3.38. The molecule has 0 aromatic heterocycles. The largest absolute Gasteiger partial charge is 0.496 e. The highest BCUT2D eigenvalue weighted by Crippen LogP contribution is 2.50. The maximum atomic E-state index is 12.4. The first-order chi connectivity index (χ1) is 9.87. The summed E-state index contributed by atoms with van der Waals surface area (Å²) in [6.07, 6.45) is 3.52. The average molecular weight is 347 g/mol. The highest BCUT2D eigenvalue weighted by molar-refractivity contribution is 6.33. The van der Waals surface area contributed by atoms with Crippen molar-refractivity contribution in [2.45, 2.75) is 33.1 Å². The summed E-state index contributed by atoms with van der Waals surface area (Å²) in [5.74, 6) is 0.928. The molecule has 1 saturated carbocycles. The monoisotopic (exact) mass is 346 g/mol. The summed E-state index contributed by atoms with van der Waals surface area (Å²) in [7, 11) is 1.51. The van der Waals surface area contributed by atoms with Gasteiger partial charge >= 0.3 is 0 Å². The van der Waals surface area contributed by atoms with Gasteiger partial charge in [0.2, 0.25) is 0 Å². The Hall–Kier alpha value is -1.13. The van der Waals surface area contributed by atoms with Crippen LogP contribution in [0.15, 0.2) is 12.1 Å². The van der Waals surface area contributed by atoms with Gasteiger partial charge < -0.3 is 15.8 Å². The lowest BCUT2D eigenvalue weighted by Crippen LogP contribution is -2.31. The zero-order valence-corrected chi connectivity index (χ0v) is 14.8. The molecule has 0 saturated heterocycles. The van der Waals surface area contributed by atoms with Crippen molar-refractivity contribution < 1.29 is 9.53 Å². The number of carbonyl (C=O) groups is 1. The van der Waals surface area contributed by atoms with Gasteiger partial charge in [0, 0.05) is 12.6 Å². The Morgan fingerprint density at radius 2 is 2.09 bits per heavy atom. The van der Waals surface area contributed by atoms with Crippen molar-refractivity contribution in [3.8, 4) is 5.75 Å². The first-order valence-corrected chi connectivity index (χ1v) is 7.66. The first kappa shape index (κ1) is 18.9. The second-order valence-electron chi connectivity index (χ2n) is 6.35. The lowest BCUT2D eigenvalue weighted by Gasteiger charge is -2.19. The molecule has 2 rings (SSSR count). The van der Waals surface area contributed by atoms with Gasteiger partial charge in [-0.05, 0) is 36.7 Å². The summed E-state index contributed by atoms with van der Waals surface area (Å²) in [6.45, 7) is 5.13. The molecule has 0 unspecified atom stereocenters. The van der Waals surface area contributed by atoms with Crippen molar-refractivity contribution in [3.05, 3.63) is 22.7 Å². The number of nitrogen functional groups attached to an aromatic ring is 1. The van der Waals surface area contributed by atoms with E-state index < -0.39 is 0 Å². The highest BCUT2D eigenvalue weighted by Gasteiger charge is 2.42. The number of rotatable bonds is 6. The lowest BCUT2D eigenvalue weighted by molar-refractivity contribution is 0.0939. The number of methoxy groups -OCH3 is 1. The number of benzene rings is 1. The molecule has 1 aromatic rings. The van der Waals surface area contributed by atoms with Crippen molar-refractivity contribution in [1.29, 1.82) is 0 Å². The molecule has 1 fully saturated rings. The highest BCUT2D eigenvalue weighted by atomic mass is 35.5. The van der Waals surface area contributed by atoms with Gasteiger partial charge in [0.1, 0.15) is 5.75 Å². The molecule has 0 aliphatic heterocycles. The normalized spacial score (nSPS) is 15.1. The third-order valence-electron chi connectivity index (χ3n) is 3.99. The molecule has 0 radical (unpaired) electrons. The van der Waals surface area contributed by atoms with E-state index in [-0.39, 0.29) is 23.7 Å². The van der Waals surface area contributed by atoms with Gasteiger partial charge in [-0.25, -0.2) is 0 Å². The van der Waals surface area contributed by atoms with Gasteiger partial charge in [0.05, 0.1) is 23.4 Å². The van der Waals surface area contributed by atoms with Crippen molar-refractivity contribution >= 4 is 35.6 Å². The smallest absolute Gasteiger partial charge is 0.255 e. The molecule has 1 aliphatic carbocycles. The molecule has 0 heterocycles. The number of hydrogen-bond acceptors (Lipinski definition) is 3. The molecule has 22 heavy (non-hydrogen) atoms. The van der Waals surface area contributed by atoms with Gasteiger partial charge in [0.25, 0.3) is 5.91 Å². The van der Waals surface area contributed by atoms with E-state index >= 15 is 0 Å². The van der Waals surface area contributed by atoms with Crippen LogP contribution in [-0.2, 0) is 0 Å². The number of nitrogens with one attached hydrogen (secondary N) is 1. The summed E-state index contributed by atoms with van der Waals surface area (Å²) >= 11 is 6.00. The first-order valence-electron chi connectivity index (χ1n) is 7.28. The second-order valence-corrected chi connectivity index (χ2v) is 6.76. The molecule has 0 atom stereocenters. The predicted molar refractivity (Wildman–Crippen MR) is 93.1 cm³/mol. The third-order valence-corrected chi connectivity index (χ3v) is 4.31. The fraction of sp³-hybridized carbons (Fsp3) is 0.562. The SMILES string of the molecule is COc1cc(N)c(Cl)cc1C(=O)NCC1(CC(C)C)CC1.Cl. The molecular formula is C16H24Cl2N2O2. The van der Waals surface area contributed by atoms with Crippen molar-refractivity contribution in [3.63, 3.8) is 0 Å². The zero-order valence-electron chi connectivity index (χ0n) is 13.2. The molecule has 1 amide bonds. The van der Waals surface area contributed by atoms with Gasteiger partial charge in [-0.1, -0.05) is 25.4 Å². The topological polar surface area (TPSA) is 64.3 Å². The number of nitrogens with two attached hydrogens (primary N) is 1. The second kappa shape index (κ2) is 7.42. The number of halogens is 2. The number of amides is 1. The summed E-state index contributed by atoms with van der Waals surface area (Å²) in [6, 6.07) is 3.14.